The minimum Gasteiger partial charge on any atom is -0.467 e. The molecule has 0 saturated heterocycles. The van der Waals surface area contributed by atoms with Gasteiger partial charge in [0.15, 0.2) is 0 Å². The van der Waals surface area contributed by atoms with Crippen LogP contribution in [0.5, 0.6) is 0 Å². The van der Waals surface area contributed by atoms with Gasteiger partial charge in [-0.05, 0) is 44.3 Å². The van der Waals surface area contributed by atoms with Gasteiger partial charge in [0.2, 0.25) is 11.8 Å². The van der Waals surface area contributed by atoms with Gasteiger partial charge in [0.05, 0.1) is 25.4 Å². The molecule has 0 aliphatic rings. The van der Waals surface area contributed by atoms with E-state index in [0.29, 0.717) is 11.4 Å². The van der Waals surface area contributed by atoms with Crippen molar-refractivity contribution in [2.75, 3.05) is 25.5 Å². The zero-order valence-electron chi connectivity index (χ0n) is 13.6. The zero-order chi connectivity index (χ0) is 17.5. The Labute approximate surface area is 139 Å². The highest BCUT2D eigenvalue weighted by Crippen LogP contribution is 2.12. The lowest BCUT2D eigenvalue weighted by molar-refractivity contribution is -0.123. The number of amides is 2. The normalized spacial score (nSPS) is 12.0. The molecule has 1 aromatic carbocycles. The topological polar surface area (TPSA) is 74.6 Å². The summed E-state index contributed by atoms with van der Waals surface area (Å²) in [6, 6.07) is 8.92. The fraction of sp³-hybridized carbons (Fsp3) is 0.294. The van der Waals surface area contributed by atoms with Crippen LogP contribution in [-0.2, 0) is 9.59 Å². The number of hydrogen-bond acceptors (Lipinski definition) is 4. The van der Waals surface area contributed by atoms with Gasteiger partial charge in [0, 0.05) is 5.69 Å². The molecule has 0 aliphatic heterocycles. The lowest BCUT2D eigenvalue weighted by atomic mass is 10.2. The van der Waals surface area contributed by atoms with Crippen molar-refractivity contribution in [2.24, 2.45) is 0 Å². The molecule has 24 heavy (non-hydrogen) atoms. The number of nitrogens with one attached hydrogen (secondary N) is 2. The first-order valence-corrected chi connectivity index (χ1v) is 7.51. The van der Waals surface area contributed by atoms with Crippen molar-refractivity contribution in [1.29, 1.82) is 0 Å². The van der Waals surface area contributed by atoms with E-state index in [-0.39, 0.29) is 30.9 Å². The molecule has 1 aromatic heterocycles. The minimum absolute atomic E-state index is 0.0130. The lowest BCUT2D eigenvalue weighted by Gasteiger charge is -2.18. The van der Waals surface area contributed by atoms with E-state index in [0.717, 1.165) is 0 Å². The van der Waals surface area contributed by atoms with Gasteiger partial charge in [-0.15, -0.1) is 0 Å². The maximum Gasteiger partial charge on any atom is 0.238 e. The van der Waals surface area contributed by atoms with Gasteiger partial charge in [0.1, 0.15) is 11.6 Å². The molecule has 2 amide bonds. The number of likely N-dealkylation sites (N-methyl/N-ethyl adjacent to an activating group) is 1. The summed E-state index contributed by atoms with van der Waals surface area (Å²) in [5.74, 6) is -0.308. The second-order valence-corrected chi connectivity index (χ2v) is 5.54. The average molecular weight is 333 g/mol. The molecule has 2 rings (SSSR count). The molecule has 0 spiro atoms. The van der Waals surface area contributed by atoms with Crippen molar-refractivity contribution in [2.45, 2.75) is 13.0 Å². The molecular weight excluding hydrogens is 313 g/mol. The quantitative estimate of drug-likeness (QED) is 0.814. The highest BCUT2D eigenvalue weighted by Gasteiger charge is 2.15. The van der Waals surface area contributed by atoms with Gasteiger partial charge in [-0.1, -0.05) is 6.07 Å². The number of nitrogens with zero attached hydrogens (tertiary/aromatic N) is 1. The predicted molar refractivity (Wildman–Crippen MR) is 87.8 cm³/mol. The molecule has 0 aliphatic carbocycles. The highest BCUT2D eigenvalue weighted by molar-refractivity contribution is 5.92. The summed E-state index contributed by atoms with van der Waals surface area (Å²) in [4.78, 5) is 25.4. The van der Waals surface area contributed by atoms with Crippen LogP contribution in [0.3, 0.4) is 0 Å². The fourth-order valence-corrected chi connectivity index (χ4v) is 2.21. The molecular formula is C17H20FN3O3. The van der Waals surface area contributed by atoms with Gasteiger partial charge in [0.25, 0.3) is 0 Å². The molecule has 0 bridgehead atoms. The van der Waals surface area contributed by atoms with E-state index in [2.05, 4.69) is 10.6 Å². The molecule has 0 fully saturated rings. The van der Waals surface area contributed by atoms with E-state index in [1.54, 1.807) is 36.4 Å². The number of benzene rings is 1. The predicted octanol–water partition coefficient (Wildman–Crippen LogP) is 2.17. The summed E-state index contributed by atoms with van der Waals surface area (Å²) in [5.41, 5.74) is 0.379. The van der Waals surface area contributed by atoms with Crippen molar-refractivity contribution in [1.82, 2.24) is 10.2 Å². The second-order valence-electron chi connectivity index (χ2n) is 5.54. The Kier molecular flexibility index (Phi) is 6.08. The molecule has 0 saturated carbocycles. The van der Waals surface area contributed by atoms with E-state index < -0.39 is 5.82 Å². The molecule has 0 unspecified atom stereocenters. The van der Waals surface area contributed by atoms with Crippen LogP contribution in [0.25, 0.3) is 0 Å². The molecule has 0 radical (unpaired) electrons. The summed E-state index contributed by atoms with van der Waals surface area (Å²) < 4.78 is 18.3. The number of furan rings is 1. The van der Waals surface area contributed by atoms with E-state index in [4.69, 9.17) is 4.42 Å². The van der Waals surface area contributed by atoms with Gasteiger partial charge in [-0.25, -0.2) is 4.39 Å². The largest absolute Gasteiger partial charge is 0.467 e. The Morgan fingerprint density at radius 3 is 2.62 bits per heavy atom. The first kappa shape index (κ1) is 17.7. The standard InChI is InChI=1S/C17H20FN3O3/c1-12(15-7-4-8-24-15)19-16(22)10-21(2)11-17(23)20-14-6-3-5-13(18)9-14/h3-9,12H,10-11H2,1-2H3,(H,19,22)(H,20,23)/t12-/m0/s1. The molecule has 7 heteroatoms. The molecule has 2 aromatic rings. The third-order valence-corrected chi connectivity index (χ3v) is 3.28. The number of hydrogen-bond donors (Lipinski definition) is 2. The minimum atomic E-state index is -0.424. The van der Waals surface area contributed by atoms with Crippen molar-refractivity contribution in [3.05, 3.63) is 54.2 Å². The zero-order valence-corrected chi connectivity index (χ0v) is 13.6. The number of carbonyl (C=O) groups is 2. The van der Waals surface area contributed by atoms with E-state index >= 15 is 0 Å². The average Bonchev–Trinajstić information content (AvgIpc) is 3.00. The Morgan fingerprint density at radius 2 is 1.96 bits per heavy atom. The number of carbonyl (C=O) groups excluding carboxylic acids is 2. The first-order chi connectivity index (χ1) is 11.4. The van der Waals surface area contributed by atoms with Crippen LogP contribution < -0.4 is 10.6 Å². The van der Waals surface area contributed by atoms with Crippen LogP contribution in [0.1, 0.15) is 18.7 Å². The summed E-state index contributed by atoms with van der Waals surface area (Å²) >= 11 is 0. The maximum absolute atomic E-state index is 13.1. The number of halogens is 1. The van der Waals surface area contributed by atoms with Crippen molar-refractivity contribution in [3.8, 4) is 0 Å². The third kappa shape index (κ3) is 5.51. The molecule has 1 atom stereocenters. The summed E-state index contributed by atoms with van der Waals surface area (Å²) in [6.07, 6.45) is 1.54. The Bertz CT molecular complexity index is 688. The van der Waals surface area contributed by atoms with Crippen molar-refractivity contribution in [3.63, 3.8) is 0 Å². The summed E-state index contributed by atoms with van der Waals surface area (Å²) in [5, 5.41) is 5.37. The number of anilines is 1. The molecule has 128 valence electrons. The van der Waals surface area contributed by atoms with Gasteiger partial charge < -0.3 is 15.1 Å². The summed E-state index contributed by atoms with van der Waals surface area (Å²) in [7, 11) is 1.66. The van der Waals surface area contributed by atoms with Crippen molar-refractivity contribution < 1.29 is 18.4 Å². The third-order valence-electron chi connectivity index (χ3n) is 3.28. The van der Waals surface area contributed by atoms with Gasteiger partial charge in [-0.2, -0.15) is 0 Å². The number of rotatable bonds is 7. The van der Waals surface area contributed by atoms with Crippen molar-refractivity contribution >= 4 is 17.5 Å². The molecule has 1 heterocycles. The SMILES string of the molecule is C[C@H](NC(=O)CN(C)CC(=O)Nc1cccc(F)c1)c1ccco1. The Morgan fingerprint density at radius 1 is 1.21 bits per heavy atom. The first-order valence-electron chi connectivity index (χ1n) is 7.51. The van der Waals surface area contributed by atoms with E-state index in [1.807, 2.05) is 6.92 Å². The smallest absolute Gasteiger partial charge is 0.238 e. The van der Waals surface area contributed by atoms with Gasteiger partial charge in [-0.3, -0.25) is 14.5 Å². The van der Waals surface area contributed by atoms with Crippen LogP contribution in [0.15, 0.2) is 47.1 Å². The monoisotopic (exact) mass is 333 g/mol. The molecule has 6 nitrogen and oxygen atoms in total. The highest BCUT2D eigenvalue weighted by atomic mass is 19.1. The van der Waals surface area contributed by atoms with Gasteiger partial charge >= 0.3 is 0 Å². The van der Waals surface area contributed by atoms with Crippen LogP contribution in [0, 0.1) is 5.82 Å². The maximum atomic E-state index is 13.1. The van der Waals surface area contributed by atoms with Crippen LogP contribution in [-0.4, -0.2) is 36.9 Å². The summed E-state index contributed by atoms with van der Waals surface area (Å²) in [6.45, 7) is 1.88. The van der Waals surface area contributed by atoms with E-state index in [9.17, 15) is 14.0 Å². The molecule has 2 N–H and O–H groups in total. The van der Waals surface area contributed by atoms with Crippen LogP contribution in [0.4, 0.5) is 10.1 Å². The Hall–Kier alpha value is -2.67. The fourth-order valence-electron chi connectivity index (χ4n) is 2.21. The van der Waals surface area contributed by atoms with E-state index in [1.165, 1.54) is 18.2 Å². The Balaban J connectivity index is 1.76. The second kappa shape index (κ2) is 8.26. The van der Waals surface area contributed by atoms with Crippen LogP contribution in [0.2, 0.25) is 0 Å². The lowest BCUT2D eigenvalue weighted by Crippen LogP contribution is -2.39. The van der Waals surface area contributed by atoms with Crippen LogP contribution >= 0.6 is 0 Å².